The molecular weight excluding hydrogens is 168 g/mol. The summed E-state index contributed by atoms with van der Waals surface area (Å²) < 4.78 is 4.66. The highest BCUT2D eigenvalue weighted by Crippen LogP contribution is 2.19. The number of nitrogens with zero attached hydrogens (tertiary/aromatic N) is 4. The molecule has 0 saturated carbocycles. The average Bonchev–Trinajstić information content (AvgIpc) is 2.54. The van der Waals surface area contributed by atoms with Crippen molar-refractivity contribution in [2.24, 2.45) is 0 Å². The molecule has 0 aliphatic carbocycles. The van der Waals surface area contributed by atoms with Crippen LogP contribution in [0.1, 0.15) is 22.6 Å². The second kappa shape index (κ2) is 3.09. The van der Waals surface area contributed by atoms with E-state index in [1.807, 2.05) is 0 Å². The zero-order valence-electron chi connectivity index (χ0n) is 6.20. The van der Waals surface area contributed by atoms with Crippen LogP contribution in [0.25, 0.3) is 0 Å². The Balaban J connectivity index is 3.63. The molecule has 58 valence electrons. The van der Waals surface area contributed by atoms with Crippen molar-refractivity contribution in [1.82, 2.24) is 0 Å². The van der Waals surface area contributed by atoms with Crippen molar-refractivity contribution >= 4 is 0 Å². The Kier molecular flexibility index (Phi) is 1.98. The zero-order chi connectivity index (χ0) is 9.84. The molecule has 0 radical (unpaired) electrons. The van der Waals surface area contributed by atoms with Gasteiger partial charge in [-0.3, -0.25) is 0 Å². The van der Waals surface area contributed by atoms with Gasteiger partial charge < -0.3 is 4.42 Å². The Hall–Kier alpha value is -2.76. The second-order valence-electron chi connectivity index (χ2n) is 1.96. The molecule has 5 nitrogen and oxygen atoms in total. The van der Waals surface area contributed by atoms with Crippen LogP contribution < -0.4 is 0 Å². The van der Waals surface area contributed by atoms with Gasteiger partial charge >= 0.3 is 0 Å². The topological polar surface area (TPSA) is 108 Å². The summed E-state index contributed by atoms with van der Waals surface area (Å²) in [6.07, 6.45) is 0. The van der Waals surface area contributed by atoms with Crippen LogP contribution in [-0.4, -0.2) is 0 Å². The zero-order valence-corrected chi connectivity index (χ0v) is 6.20. The van der Waals surface area contributed by atoms with Gasteiger partial charge in [-0.15, -0.1) is 0 Å². The van der Waals surface area contributed by atoms with Crippen molar-refractivity contribution < 1.29 is 4.42 Å². The summed E-state index contributed by atoms with van der Waals surface area (Å²) in [7, 11) is 0. The summed E-state index contributed by atoms with van der Waals surface area (Å²) in [6.45, 7) is 0. The van der Waals surface area contributed by atoms with Gasteiger partial charge in [-0.1, -0.05) is 0 Å². The van der Waals surface area contributed by atoms with Gasteiger partial charge in [0.25, 0.3) is 0 Å². The molecule has 0 N–H and O–H groups in total. The van der Waals surface area contributed by atoms with Crippen molar-refractivity contribution in [2.75, 3.05) is 0 Å². The maximum atomic E-state index is 8.55. The Morgan fingerprint density at radius 3 is 1.31 bits per heavy atom. The number of furan rings is 1. The maximum Gasteiger partial charge on any atom is 0.224 e. The van der Waals surface area contributed by atoms with E-state index in [2.05, 4.69) is 4.42 Å². The standard InChI is InChI=1S/C8N4O/c9-1-5-6(2-10)8(4-12)13-7(5)3-11. The van der Waals surface area contributed by atoms with Crippen molar-refractivity contribution in [3.8, 4) is 24.3 Å². The van der Waals surface area contributed by atoms with Gasteiger partial charge in [0.2, 0.25) is 11.5 Å². The van der Waals surface area contributed by atoms with Crippen LogP contribution >= 0.6 is 0 Å². The largest absolute Gasteiger partial charge is 0.432 e. The molecule has 5 heteroatoms. The summed E-state index contributed by atoms with van der Waals surface area (Å²) in [5, 5.41) is 34.0. The molecule has 13 heavy (non-hydrogen) atoms. The van der Waals surface area contributed by atoms with Crippen molar-refractivity contribution in [2.45, 2.75) is 0 Å². The highest BCUT2D eigenvalue weighted by molar-refractivity contribution is 5.56. The summed E-state index contributed by atoms with van der Waals surface area (Å²) >= 11 is 0. The third-order valence-electron chi connectivity index (χ3n) is 1.33. The lowest BCUT2D eigenvalue weighted by Crippen LogP contribution is -1.80. The highest BCUT2D eigenvalue weighted by Gasteiger charge is 2.19. The summed E-state index contributed by atoms with van der Waals surface area (Å²) in [4.78, 5) is 0. The van der Waals surface area contributed by atoms with E-state index in [0.29, 0.717) is 0 Å². The Morgan fingerprint density at radius 1 is 0.692 bits per heavy atom. The lowest BCUT2D eigenvalue weighted by molar-refractivity contribution is 0.537. The Bertz CT molecular complexity index is 466. The van der Waals surface area contributed by atoms with Crippen LogP contribution in [0.5, 0.6) is 0 Å². The van der Waals surface area contributed by atoms with Crippen LogP contribution in [-0.2, 0) is 0 Å². The van der Waals surface area contributed by atoms with E-state index in [4.69, 9.17) is 21.0 Å². The molecule has 0 saturated heterocycles. The SMILES string of the molecule is N#Cc1oc(C#N)c(C#N)c1C#N. The minimum absolute atomic E-state index is 0.179. The van der Waals surface area contributed by atoms with E-state index >= 15 is 0 Å². The minimum atomic E-state index is -0.296. The van der Waals surface area contributed by atoms with E-state index in [1.165, 1.54) is 0 Å². The van der Waals surface area contributed by atoms with Crippen LogP contribution in [0.15, 0.2) is 4.42 Å². The average molecular weight is 168 g/mol. The van der Waals surface area contributed by atoms with Gasteiger partial charge in [0, 0.05) is 0 Å². The number of hydrogen-bond donors (Lipinski definition) is 0. The first-order valence-corrected chi connectivity index (χ1v) is 3.05. The fourth-order valence-corrected chi connectivity index (χ4v) is 0.802. The lowest BCUT2D eigenvalue weighted by Gasteiger charge is -1.77. The molecule has 0 unspecified atom stereocenters. The van der Waals surface area contributed by atoms with Crippen LogP contribution in [0.3, 0.4) is 0 Å². The van der Waals surface area contributed by atoms with E-state index in [9.17, 15) is 0 Å². The summed E-state index contributed by atoms with van der Waals surface area (Å²) in [5.74, 6) is -0.591. The normalized spacial score (nSPS) is 7.69. The van der Waals surface area contributed by atoms with Gasteiger partial charge in [0.1, 0.15) is 35.4 Å². The third kappa shape index (κ3) is 1.07. The van der Waals surface area contributed by atoms with E-state index < -0.39 is 0 Å². The molecule has 0 amide bonds. The first-order chi connectivity index (χ1) is 6.28. The van der Waals surface area contributed by atoms with Crippen molar-refractivity contribution in [1.29, 1.82) is 21.0 Å². The molecular formula is C8N4O. The Labute approximate surface area is 73.3 Å². The van der Waals surface area contributed by atoms with Gasteiger partial charge in [-0.2, -0.15) is 21.0 Å². The first-order valence-electron chi connectivity index (χ1n) is 3.05. The van der Waals surface area contributed by atoms with E-state index in [0.717, 1.165) is 0 Å². The highest BCUT2D eigenvalue weighted by atomic mass is 16.3. The molecule has 0 aliphatic rings. The molecule has 1 aromatic heterocycles. The maximum absolute atomic E-state index is 8.55. The molecule has 0 atom stereocenters. The smallest absolute Gasteiger partial charge is 0.224 e. The molecule has 0 aliphatic heterocycles. The Morgan fingerprint density at radius 2 is 1.08 bits per heavy atom. The molecule has 1 aromatic rings. The van der Waals surface area contributed by atoms with Gasteiger partial charge in [-0.05, 0) is 0 Å². The molecule has 1 rings (SSSR count). The van der Waals surface area contributed by atoms with Gasteiger partial charge in [-0.25, -0.2) is 0 Å². The number of rotatable bonds is 0. The molecule has 0 fully saturated rings. The number of nitriles is 4. The van der Waals surface area contributed by atoms with Crippen LogP contribution in [0, 0.1) is 45.3 Å². The van der Waals surface area contributed by atoms with Crippen molar-refractivity contribution in [3.05, 3.63) is 22.6 Å². The number of hydrogen-bond acceptors (Lipinski definition) is 5. The predicted octanol–water partition coefficient (Wildman–Crippen LogP) is 0.766. The summed E-state index contributed by atoms with van der Waals surface area (Å²) in [6, 6.07) is 6.43. The molecule has 0 spiro atoms. The van der Waals surface area contributed by atoms with Crippen LogP contribution in [0.4, 0.5) is 0 Å². The third-order valence-corrected chi connectivity index (χ3v) is 1.33. The summed E-state index contributed by atoms with van der Waals surface area (Å²) in [5.41, 5.74) is -0.358. The van der Waals surface area contributed by atoms with Gasteiger partial charge in [0.15, 0.2) is 0 Å². The quantitative estimate of drug-likeness (QED) is 0.568. The molecule has 0 aromatic carbocycles. The van der Waals surface area contributed by atoms with E-state index in [1.54, 1.807) is 24.3 Å². The fourth-order valence-electron chi connectivity index (χ4n) is 0.802. The lowest BCUT2D eigenvalue weighted by atomic mass is 10.1. The van der Waals surface area contributed by atoms with E-state index in [-0.39, 0.29) is 22.6 Å². The predicted molar refractivity (Wildman–Crippen MR) is 37.6 cm³/mol. The van der Waals surface area contributed by atoms with Crippen LogP contribution in [0.2, 0.25) is 0 Å². The molecule has 1 heterocycles. The van der Waals surface area contributed by atoms with Crippen molar-refractivity contribution in [3.63, 3.8) is 0 Å². The monoisotopic (exact) mass is 168 g/mol. The first kappa shape index (κ1) is 8.34. The fraction of sp³-hybridized carbons (Fsp3) is 0. The molecule has 0 bridgehead atoms. The van der Waals surface area contributed by atoms with Gasteiger partial charge in [0.05, 0.1) is 0 Å². The second-order valence-corrected chi connectivity index (χ2v) is 1.96. The minimum Gasteiger partial charge on any atom is -0.432 e.